The van der Waals surface area contributed by atoms with Gasteiger partial charge in [0.1, 0.15) is 36.3 Å². The first-order valence-corrected chi connectivity index (χ1v) is 31.3. The minimum atomic E-state index is -1.56. The average Bonchev–Trinajstić information content (AvgIpc) is 4.14. The van der Waals surface area contributed by atoms with Crippen molar-refractivity contribution in [2.45, 2.75) is 237 Å². The molecule has 2 aromatic rings. The van der Waals surface area contributed by atoms with Gasteiger partial charge in [0, 0.05) is 50.7 Å². The number of carboxylic acid groups (broad SMARTS) is 1. The van der Waals surface area contributed by atoms with Crippen LogP contribution in [0.5, 0.6) is 0 Å². The highest BCUT2D eigenvalue weighted by molar-refractivity contribution is 5.98. The third-order valence-electron chi connectivity index (χ3n) is 15.0. The van der Waals surface area contributed by atoms with E-state index in [1.165, 1.54) is 70.8 Å². The summed E-state index contributed by atoms with van der Waals surface area (Å²) >= 11 is 0. The van der Waals surface area contributed by atoms with Crippen LogP contribution in [0.3, 0.4) is 0 Å². The first kappa shape index (κ1) is 75.5. The largest absolute Gasteiger partial charge is 0.481 e. The maximum Gasteiger partial charge on any atom is 0.303 e. The number of H-pyrrole nitrogens is 1. The van der Waals surface area contributed by atoms with Gasteiger partial charge in [-0.05, 0) is 82.7 Å². The molecule has 0 aliphatic carbocycles. The Labute approximate surface area is 513 Å². The maximum absolute atomic E-state index is 14.7. The fourth-order valence-corrected chi connectivity index (χ4v) is 9.79. The number of nitrogens with two attached hydrogens (primary N) is 5. The molecule has 26 nitrogen and oxygen atoms in total. The number of rotatable bonds is 49. The van der Waals surface area contributed by atoms with Crippen LogP contribution in [0.4, 0.5) is 0 Å². The monoisotopic (exact) mass is 1220 g/mol. The third-order valence-corrected chi connectivity index (χ3v) is 15.0. The van der Waals surface area contributed by atoms with Gasteiger partial charge in [-0.2, -0.15) is 0 Å². The second-order valence-corrected chi connectivity index (χ2v) is 22.5. The lowest BCUT2D eigenvalue weighted by molar-refractivity contribution is -0.138. The molecule has 8 atom stereocenters. The van der Waals surface area contributed by atoms with Gasteiger partial charge in [0.2, 0.25) is 41.4 Å². The van der Waals surface area contributed by atoms with Crippen molar-refractivity contribution in [2.75, 3.05) is 19.6 Å². The average molecular weight is 1220 g/mol. The second kappa shape index (κ2) is 44.8. The predicted molar refractivity (Wildman–Crippen MR) is 336 cm³/mol. The number of hydrogen-bond acceptors (Lipinski definition) is 13. The van der Waals surface area contributed by atoms with Gasteiger partial charge in [-0.25, -0.2) is 4.98 Å². The highest BCUT2D eigenvalue weighted by atomic mass is 16.4. The quantitative estimate of drug-likeness (QED) is 0.0257. The number of nitrogens with one attached hydrogen (secondary N) is 8. The molecule has 19 N–H and O–H groups in total. The van der Waals surface area contributed by atoms with Crippen LogP contribution in [-0.2, 0) is 56.0 Å². The third kappa shape index (κ3) is 33.7. The Morgan fingerprint density at radius 3 is 1.40 bits per heavy atom. The summed E-state index contributed by atoms with van der Waals surface area (Å²) in [6, 6.07) is -0.108. The number of hydrogen-bond donors (Lipinski definition) is 14. The Morgan fingerprint density at radius 2 is 0.966 bits per heavy atom. The van der Waals surface area contributed by atoms with E-state index >= 15 is 0 Å². The summed E-state index contributed by atoms with van der Waals surface area (Å²) in [5.41, 5.74) is 29.2. The SMILES string of the molecule is CCCCCCCCCCCCCCCC(=O)N[C@@H](Cc1cnc[nH]1)C(=O)N[C@@H](Cc1ccccc1)C(=O)N[C@@H](CCCN=C(N)N)C(=O)N[C@@H](CCCCN)C(=O)N[C@@H](CCC(=O)O)C(=O)N[C@@H](CCCN=C(N)N)C(=O)N[C@H](C(C)=O)[C@@H](C)CC. The number of nitrogens with zero attached hydrogens (tertiary/aromatic N) is 3. The Bertz CT molecular complexity index is 2420. The van der Waals surface area contributed by atoms with E-state index in [2.05, 4.69) is 64.1 Å². The molecule has 0 spiro atoms. The molecule has 2 rings (SSSR count). The summed E-state index contributed by atoms with van der Waals surface area (Å²) in [5, 5.41) is 28.8. The number of benzene rings is 1. The minimum Gasteiger partial charge on any atom is -0.481 e. The number of carboxylic acids is 1. The molecule has 87 heavy (non-hydrogen) atoms. The molecule has 1 aromatic heterocycles. The molecule has 0 fully saturated rings. The summed E-state index contributed by atoms with van der Waals surface area (Å²) in [4.78, 5) is 139. The standard InChI is InChI=1S/C61H104N16O10/c1-5-7-8-9-10-11-12-13-14-15-16-17-21-31-51(79)71-50(38-44-39-67-40-70-44)59(87)76-49(37-43-26-19-18-20-27-43)58(86)74-46(29-24-35-68-60(63)64)55(83)72-45(28-22-23-34-62)54(82)75-48(32-33-52(80)81)56(84)73-47(30-25-36-69-61(65)66)57(85)77-53(42(4)78)41(3)6-2/h18-20,26-27,39-41,45-50,53H,5-17,21-25,28-38,62H2,1-4H3,(H,67,70)(H,71,79)(H,72,83)(H,73,84)(H,74,86)(H,75,82)(H,76,87)(H,77,85)(H,80,81)(H4,63,64,68)(H4,65,66,69)/t41-,45-,46-,47-,48-,49-,50-,53-/m0/s1. The number of carbonyl (C=O) groups excluding carboxylic acids is 8. The van der Waals surface area contributed by atoms with Crippen molar-refractivity contribution in [3.63, 3.8) is 0 Å². The summed E-state index contributed by atoms with van der Waals surface area (Å²) in [6.07, 6.45) is 18.5. The lowest BCUT2D eigenvalue weighted by Crippen LogP contribution is -2.60. The number of unbranched alkanes of at least 4 members (excludes halogenated alkanes) is 13. The van der Waals surface area contributed by atoms with Gasteiger partial charge in [0.25, 0.3) is 0 Å². The number of aromatic nitrogens is 2. The van der Waals surface area contributed by atoms with Gasteiger partial charge < -0.3 is 76.0 Å². The fraction of sp³-hybridized carbons (Fsp3) is 0.672. The van der Waals surface area contributed by atoms with Crippen molar-refractivity contribution in [1.29, 1.82) is 0 Å². The topological polar surface area (TPSA) is 442 Å². The lowest BCUT2D eigenvalue weighted by Gasteiger charge is -2.28. The normalized spacial score (nSPS) is 13.8. The lowest BCUT2D eigenvalue weighted by atomic mass is 9.95. The molecule has 0 bridgehead atoms. The number of amides is 7. The molecule has 26 heteroatoms. The van der Waals surface area contributed by atoms with Gasteiger partial charge in [-0.15, -0.1) is 0 Å². The van der Waals surface area contributed by atoms with Crippen LogP contribution in [0.1, 0.15) is 193 Å². The van der Waals surface area contributed by atoms with E-state index in [0.29, 0.717) is 36.9 Å². The molecule has 488 valence electrons. The number of carbonyl (C=O) groups is 9. The van der Waals surface area contributed by atoms with E-state index in [-0.39, 0.29) is 101 Å². The number of imidazole rings is 1. The van der Waals surface area contributed by atoms with Crippen molar-refractivity contribution in [1.82, 2.24) is 47.2 Å². The van der Waals surface area contributed by atoms with Crippen molar-refractivity contribution < 1.29 is 48.3 Å². The van der Waals surface area contributed by atoms with E-state index in [1.807, 2.05) is 6.92 Å². The van der Waals surface area contributed by atoms with Crippen molar-refractivity contribution in [3.8, 4) is 0 Å². The Balaban J connectivity index is 2.44. The second-order valence-electron chi connectivity index (χ2n) is 22.5. The number of ketones is 1. The highest BCUT2D eigenvalue weighted by Crippen LogP contribution is 2.16. The molecule has 0 radical (unpaired) electrons. The van der Waals surface area contributed by atoms with E-state index in [1.54, 1.807) is 37.3 Å². The van der Waals surface area contributed by atoms with Gasteiger partial charge in [0.05, 0.1) is 12.4 Å². The van der Waals surface area contributed by atoms with Crippen molar-refractivity contribution >= 4 is 65.0 Å². The van der Waals surface area contributed by atoms with Gasteiger partial charge in [0.15, 0.2) is 17.7 Å². The smallest absolute Gasteiger partial charge is 0.303 e. The van der Waals surface area contributed by atoms with Crippen LogP contribution >= 0.6 is 0 Å². The first-order chi connectivity index (χ1) is 41.7. The van der Waals surface area contributed by atoms with Crippen LogP contribution in [0.15, 0.2) is 52.8 Å². The predicted octanol–water partition coefficient (Wildman–Crippen LogP) is 2.81. The highest BCUT2D eigenvalue weighted by Gasteiger charge is 2.35. The summed E-state index contributed by atoms with van der Waals surface area (Å²) in [7, 11) is 0. The maximum atomic E-state index is 14.7. The molecular weight excluding hydrogens is 1120 g/mol. The van der Waals surface area contributed by atoms with Crippen LogP contribution in [0, 0.1) is 5.92 Å². The zero-order valence-electron chi connectivity index (χ0n) is 52.0. The van der Waals surface area contributed by atoms with Crippen LogP contribution in [-0.4, -0.2) is 142 Å². The molecule has 0 saturated carbocycles. The van der Waals surface area contributed by atoms with E-state index in [0.717, 1.165) is 25.7 Å². The van der Waals surface area contributed by atoms with Gasteiger partial charge in [-0.3, -0.25) is 53.1 Å². The number of Topliss-reactive ketones (excluding diaryl/α,β-unsaturated/α-hetero) is 1. The minimum absolute atomic E-state index is 0.0225. The zero-order chi connectivity index (χ0) is 64.4. The molecule has 1 aromatic carbocycles. The molecule has 0 aliphatic rings. The Kier molecular flexibility index (Phi) is 38.8. The van der Waals surface area contributed by atoms with E-state index in [4.69, 9.17) is 28.7 Å². The Morgan fingerprint density at radius 1 is 0.529 bits per heavy atom. The van der Waals surface area contributed by atoms with Crippen molar-refractivity contribution in [2.24, 2.45) is 44.6 Å². The Hall–Kier alpha value is -7.64. The number of aromatic amines is 1. The summed E-state index contributed by atoms with van der Waals surface area (Å²) in [5.74, 6) is -7.43. The molecular formula is C61H104N16O10. The number of aliphatic imine (C=N–C) groups is 2. The number of aliphatic carboxylic acids is 1. The van der Waals surface area contributed by atoms with Gasteiger partial charge in [-0.1, -0.05) is 135 Å². The van der Waals surface area contributed by atoms with Crippen LogP contribution in [0.25, 0.3) is 0 Å². The molecule has 0 aliphatic heterocycles. The number of guanidine groups is 2. The van der Waals surface area contributed by atoms with Gasteiger partial charge >= 0.3 is 5.97 Å². The fourth-order valence-electron chi connectivity index (χ4n) is 9.79. The molecule has 1 heterocycles. The zero-order valence-corrected chi connectivity index (χ0v) is 52.0. The van der Waals surface area contributed by atoms with Crippen LogP contribution < -0.4 is 65.9 Å². The van der Waals surface area contributed by atoms with Crippen LogP contribution in [0.2, 0.25) is 0 Å². The molecule has 0 saturated heterocycles. The van der Waals surface area contributed by atoms with Crippen molar-refractivity contribution in [3.05, 3.63) is 54.1 Å². The summed E-state index contributed by atoms with van der Waals surface area (Å²) in [6.45, 7) is 7.54. The molecule has 7 amide bonds. The first-order valence-electron chi connectivity index (χ1n) is 31.3. The van der Waals surface area contributed by atoms with E-state index < -0.39 is 96.5 Å². The molecule has 0 unspecified atom stereocenters. The van der Waals surface area contributed by atoms with E-state index in [9.17, 15) is 48.3 Å². The summed E-state index contributed by atoms with van der Waals surface area (Å²) < 4.78 is 0.